The summed E-state index contributed by atoms with van der Waals surface area (Å²) in [5.74, 6) is 0. The third-order valence-corrected chi connectivity index (χ3v) is 2.29. The van der Waals surface area contributed by atoms with E-state index in [1.54, 1.807) is 12.4 Å². The van der Waals surface area contributed by atoms with Crippen LogP contribution >= 0.6 is 0 Å². The topological polar surface area (TPSA) is 42.7 Å². The maximum atomic E-state index is 4.47. The molecule has 0 fully saturated rings. The number of hydrogen-bond donors (Lipinski definition) is 1. The molecule has 0 saturated carbocycles. The van der Waals surface area contributed by atoms with Crippen molar-refractivity contribution in [1.82, 2.24) is 20.1 Å². The third-order valence-electron chi connectivity index (χ3n) is 2.29. The highest BCUT2D eigenvalue weighted by Crippen LogP contribution is 2.04. The van der Waals surface area contributed by atoms with E-state index in [0.29, 0.717) is 0 Å². The Morgan fingerprint density at radius 2 is 2.31 bits per heavy atom. The molecule has 2 heterocycles. The van der Waals surface area contributed by atoms with Gasteiger partial charge in [-0.15, -0.1) is 0 Å². The number of rotatable bonds is 5. The summed E-state index contributed by atoms with van der Waals surface area (Å²) in [5.41, 5.74) is 2.04. The van der Waals surface area contributed by atoms with Gasteiger partial charge in [0.1, 0.15) is 0 Å². The van der Waals surface area contributed by atoms with Crippen molar-refractivity contribution in [2.45, 2.75) is 19.9 Å². The van der Waals surface area contributed by atoms with E-state index in [2.05, 4.69) is 22.3 Å². The summed E-state index contributed by atoms with van der Waals surface area (Å²) in [4.78, 5) is 4.07. The molecule has 2 aromatic rings. The summed E-state index contributed by atoms with van der Waals surface area (Å²) >= 11 is 0. The zero-order valence-corrected chi connectivity index (χ0v) is 9.43. The van der Waals surface area contributed by atoms with Gasteiger partial charge < -0.3 is 5.32 Å². The minimum atomic E-state index is 0.821. The molecule has 1 N–H and O–H groups in total. The predicted octanol–water partition coefficient (Wildman–Crippen LogP) is 1.77. The lowest BCUT2D eigenvalue weighted by Crippen LogP contribution is -2.14. The minimum absolute atomic E-state index is 0.821. The first-order valence-electron chi connectivity index (χ1n) is 5.56. The van der Waals surface area contributed by atoms with E-state index < -0.39 is 0 Å². The Morgan fingerprint density at radius 1 is 1.38 bits per heavy atom. The SMILES string of the molecule is CCCNCc1ccn(-c2cccnc2)n1. The Hall–Kier alpha value is -1.68. The van der Waals surface area contributed by atoms with Gasteiger partial charge in [0.15, 0.2) is 0 Å². The number of aromatic nitrogens is 3. The molecular weight excluding hydrogens is 200 g/mol. The molecule has 16 heavy (non-hydrogen) atoms. The third kappa shape index (κ3) is 2.67. The first-order valence-corrected chi connectivity index (χ1v) is 5.56. The highest BCUT2D eigenvalue weighted by atomic mass is 15.3. The minimum Gasteiger partial charge on any atom is -0.311 e. The van der Waals surface area contributed by atoms with Crippen LogP contribution in [0, 0.1) is 0 Å². The second kappa shape index (κ2) is 5.42. The summed E-state index contributed by atoms with van der Waals surface area (Å²) in [6.07, 6.45) is 6.66. The van der Waals surface area contributed by atoms with Crippen LogP contribution in [-0.2, 0) is 6.54 Å². The molecule has 2 rings (SSSR count). The molecule has 0 aromatic carbocycles. The van der Waals surface area contributed by atoms with Gasteiger partial charge in [-0.05, 0) is 31.2 Å². The Kier molecular flexibility index (Phi) is 3.66. The van der Waals surface area contributed by atoms with E-state index in [1.807, 2.05) is 29.1 Å². The van der Waals surface area contributed by atoms with Gasteiger partial charge in [0, 0.05) is 18.9 Å². The largest absolute Gasteiger partial charge is 0.311 e. The number of nitrogens with zero attached hydrogens (tertiary/aromatic N) is 3. The zero-order chi connectivity index (χ0) is 11.2. The number of nitrogens with one attached hydrogen (secondary N) is 1. The molecular formula is C12H16N4. The molecule has 4 heteroatoms. The van der Waals surface area contributed by atoms with E-state index in [-0.39, 0.29) is 0 Å². The van der Waals surface area contributed by atoms with Crippen molar-refractivity contribution in [2.24, 2.45) is 0 Å². The van der Waals surface area contributed by atoms with Gasteiger partial charge in [-0.25, -0.2) is 4.68 Å². The van der Waals surface area contributed by atoms with Crippen molar-refractivity contribution < 1.29 is 0 Å². The maximum Gasteiger partial charge on any atom is 0.0828 e. The van der Waals surface area contributed by atoms with Gasteiger partial charge in [-0.1, -0.05) is 6.92 Å². The predicted molar refractivity (Wildman–Crippen MR) is 63.4 cm³/mol. The second-order valence-corrected chi connectivity index (χ2v) is 3.64. The Labute approximate surface area is 95.3 Å². The molecule has 0 unspecified atom stereocenters. The summed E-state index contributed by atoms with van der Waals surface area (Å²) in [6, 6.07) is 5.92. The maximum absolute atomic E-state index is 4.47. The molecule has 0 aliphatic heterocycles. The van der Waals surface area contributed by atoms with E-state index in [0.717, 1.165) is 30.9 Å². The van der Waals surface area contributed by atoms with E-state index in [9.17, 15) is 0 Å². The first kappa shape index (κ1) is 10.8. The lowest BCUT2D eigenvalue weighted by atomic mass is 10.4. The fourth-order valence-corrected chi connectivity index (χ4v) is 1.48. The average molecular weight is 216 g/mol. The molecule has 0 aliphatic carbocycles. The quantitative estimate of drug-likeness (QED) is 0.774. The van der Waals surface area contributed by atoms with Gasteiger partial charge >= 0.3 is 0 Å². The summed E-state index contributed by atoms with van der Waals surface area (Å²) in [6.45, 7) is 4.00. The van der Waals surface area contributed by atoms with Crippen molar-refractivity contribution in [3.63, 3.8) is 0 Å². The van der Waals surface area contributed by atoms with Crippen LogP contribution in [0.4, 0.5) is 0 Å². The van der Waals surface area contributed by atoms with Crippen LogP contribution in [0.2, 0.25) is 0 Å². The lowest BCUT2D eigenvalue weighted by molar-refractivity contribution is 0.656. The van der Waals surface area contributed by atoms with Gasteiger partial charge in [-0.2, -0.15) is 5.10 Å². The van der Waals surface area contributed by atoms with Crippen LogP contribution < -0.4 is 5.32 Å². The first-order chi connectivity index (χ1) is 7.90. The number of pyridine rings is 1. The average Bonchev–Trinajstić information content (AvgIpc) is 2.79. The molecule has 0 atom stereocenters. The van der Waals surface area contributed by atoms with Crippen molar-refractivity contribution in [1.29, 1.82) is 0 Å². The molecule has 2 aromatic heterocycles. The van der Waals surface area contributed by atoms with Crippen LogP contribution in [-0.4, -0.2) is 21.3 Å². The highest BCUT2D eigenvalue weighted by molar-refractivity contribution is 5.26. The van der Waals surface area contributed by atoms with Gasteiger partial charge in [0.2, 0.25) is 0 Å². The van der Waals surface area contributed by atoms with Crippen molar-refractivity contribution in [3.8, 4) is 5.69 Å². The van der Waals surface area contributed by atoms with Gasteiger partial charge in [-0.3, -0.25) is 4.98 Å². The fraction of sp³-hybridized carbons (Fsp3) is 0.333. The normalized spacial score (nSPS) is 10.6. The Morgan fingerprint density at radius 3 is 3.06 bits per heavy atom. The zero-order valence-electron chi connectivity index (χ0n) is 9.43. The summed E-state index contributed by atoms with van der Waals surface area (Å²) in [7, 11) is 0. The van der Waals surface area contributed by atoms with E-state index >= 15 is 0 Å². The molecule has 0 bridgehead atoms. The Bertz CT molecular complexity index is 422. The van der Waals surface area contributed by atoms with Crippen LogP contribution in [0.25, 0.3) is 5.69 Å². The van der Waals surface area contributed by atoms with Gasteiger partial charge in [0.25, 0.3) is 0 Å². The van der Waals surface area contributed by atoms with Crippen LogP contribution in [0.1, 0.15) is 19.0 Å². The van der Waals surface area contributed by atoms with Crippen molar-refractivity contribution >= 4 is 0 Å². The molecule has 4 nitrogen and oxygen atoms in total. The molecule has 0 amide bonds. The second-order valence-electron chi connectivity index (χ2n) is 3.64. The fourth-order valence-electron chi connectivity index (χ4n) is 1.48. The van der Waals surface area contributed by atoms with E-state index in [4.69, 9.17) is 0 Å². The van der Waals surface area contributed by atoms with Gasteiger partial charge in [0.05, 0.1) is 17.6 Å². The lowest BCUT2D eigenvalue weighted by Gasteiger charge is -2.00. The molecule has 0 saturated heterocycles. The number of hydrogen-bond acceptors (Lipinski definition) is 3. The molecule has 0 aliphatic rings. The van der Waals surface area contributed by atoms with Crippen LogP contribution in [0.5, 0.6) is 0 Å². The monoisotopic (exact) mass is 216 g/mol. The molecule has 84 valence electrons. The molecule has 0 radical (unpaired) electrons. The van der Waals surface area contributed by atoms with Crippen LogP contribution in [0.3, 0.4) is 0 Å². The summed E-state index contributed by atoms with van der Waals surface area (Å²) < 4.78 is 1.84. The smallest absolute Gasteiger partial charge is 0.0828 e. The van der Waals surface area contributed by atoms with Crippen molar-refractivity contribution in [2.75, 3.05) is 6.54 Å². The summed E-state index contributed by atoms with van der Waals surface area (Å²) in [5, 5.41) is 7.79. The Balaban J connectivity index is 2.02. The highest BCUT2D eigenvalue weighted by Gasteiger charge is 2.00. The van der Waals surface area contributed by atoms with Crippen LogP contribution in [0.15, 0.2) is 36.8 Å². The van der Waals surface area contributed by atoms with E-state index in [1.165, 1.54) is 0 Å². The standard InChI is InChI=1S/C12H16N4/c1-2-6-13-9-11-5-8-16(15-11)12-4-3-7-14-10-12/h3-5,7-8,10,13H,2,6,9H2,1H3. The van der Waals surface area contributed by atoms with Crippen molar-refractivity contribution in [3.05, 3.63) is 42.5 Å². The molecule has 0 spiro atoms.